The van der Waals surface area contributed by atoms with E-state index in [1.807, 2.05) is 12.1 Å². The molecule has 7 unspecified atom stereocenters. The van der Waals surface area contributed by atoms with Crippen LogP contribution in [0.1, 0.15) is 96.0 Å². The maximum absolute atomic E-state index is 12.5. The van der Waals surface area contributed by atoms with Crippen molar-refractivity contribution in [2.45, 2.75) is 108 Å². The Labute approximate surface area is 221 Å². The Balaban J connectivity index is 1.12. The molecule has 0 aromatic heterocycles. The first-order chi connectivity index (χ1) is 17.9. The lowest BCUT2D eigenvalue weighted by atomic mass is 9.61. The molecule has 5 fully saturated rings. The first kappa shape index (κ1) is 25.6. The number of likely N-dealkylation sites (tertiary alicyclic amines) is 1. The summed E-state index contributed by atoms with van der Waals surface area (Å²) < 4.78 is 12.7. The van der Waals surface area contributed by atoms with Crippen LogP contribution >= 0.6 is 0 Å². The monoisotopic (exact) mass is 512 g/mol. The van der Waals surface area contributed by atoms with Crippen LogP contribution in [0.3, 0.4) is 0 Å². The van der Waals surface area contributed by atoms with E-state index in [4.69, 9.17) is 25.0 Å². The van der Waals surface area contributed by atoms with Crippen LogP contribution in [0.5, 0.6) is 5.75 Å². The second-order valence-corrected chi connectivity index (χ2v) is 12.7. The highest BCUT2D eigenvalue weighted by Crippen LogP contribution is 2.59. The van der Waals surface area contributed by atoms with Gasteiger partial charge in [0.05, 0.1) is 0 Å². The molecule has 3 saturated carbocycles. The average molecular weight is 513 g/mol. The Morgan fingerprint density at radius 2 is 1.86 bits per heavy atom. The molecule has 204 valence electrons. The van der Waals surface area contributed by atoms with Gasteiger partial charge >= 0.3 is 6.09 Å². The fourth-order valence-corrected chi connectivity index (χ4v) is 8.09. The van der Waals surface area contributed by atoms with E-state index in [0.717, 1.165) is 56.8 Å². The third kappa shape index (κ3) is 4.93. The Bertz CT molecular complexity index is 961. The summed E-state index contributed by atoms with van der Waals surface area (Å²) in [6.07, 6.45) is 11.1. The van der Waals surface area contributed by atoms with Crippen molar-refractivity contribution < 1.29 is 24.0 Å². The van der Waals surface area contributed by atoms with Crippen LogP contribution in [0.25, 0.3) is 0 Å². The van der Waals surface area contributed by atoms with Gasteiger partial charge in [-0.25, -0.2) is 4.79 Å². The van der Waals surface area contributed by atoms with E-state index >= 15 is 0 Å². The third-order valence-electron chi connectivity index (χ3n) is 9.98. The van der Waals surface area contributed by atoms with Crippen molar-refractivity contribution in [3.05, 3.63) is 29.8 Å². The molecule has 6 rings (SSSR count). The Morgan fingerprint density at radius 1 is 1.08 bits per heavy atom. The third-order valence-corrected chi connectivity index (χ3v) is 9.98. The highest BCUT2D eigenvalue weighted by molar-refractivity contribution is 5.70. The summed E-state index contributed by atoms with van der Waals surface area (Å²) in [6, 6.07) is 8.19. The Hall–Kier alpha value is -1.67. The number of nitrogens with two attached hydrogens (primary N) is 1. The lowest BCUT2D eigenvalue weighted by Gasteiger charge is -2.51. The normalized spacial score (nSPS) is 40.3. The number of ether oxygens (including phenoxy) is 2. The lowest BCUT2D eigenvalue weighted by molar-refractivity contribution is -0.382. The number of hydrogen-bond donors (Lipinski definition) is 1. The lowest BCUT2D eigenvalue weighted by Crippen LogP contribution is -2.55. The molecule has 2 spiro atoms. The summed E-state index contributed by atoms with van der Waals surface area (Å²) in [4.78, 5) is 26.8. The molecule has 7 atom stereocenters. The Morgan fingerprint density at radius 3 is 2.62 bits per heavy atom. The van der Waals surface area contributed by atoms with Crippen LogP contribution in [0.4, 0.5) is 4.79 Å². The minimum atomic E-state index is -0.663. The van der Waals surface area contributed by atoms with E-state index < -0.39 is 11.6 Å². The molecule has 37 heavy (non-hydrogen) atoms. The largest absolute Gasteiger partial charge is 0.415 e. The first-order valence-corrected chi connectivity index (χ1v) is 14.8. The standard InChI is InChI=1S/C30H44N2O5/c1-3-24-17-21-15-20(2)16-25(18-21)30(24)35-29(36-37-30)12-4-5-23(19-29)22-6-8-27(9-7-22)34-28(33)32-13-10-26(31)11-14-32/h6-9,20-21,23-26H,3-5,10-19,31H2,1-2H3. The number of amides is 1. The molecule has 2 aliphatic heterocycles. The summed E-state index contributed by atoms with van der Waals surface area (Å²) in [5.74, 6) is 2.00. The van der Waals surface area contributed by atoms with Crippen molar-refractivity contribution in [3.8, 4) is 5.75 Å². The molecule has 2 heterocycles. The molecule has 5 aliphatic rings. The van der Waals surface area contributed by atoms with Gasteiger partial charge in [0.1, 0.15) is 5.75 Å². The quantitative estimate of drug-likeness (QED) is 0.491. The van der Waals surface area contributed by atoms with Crippen molar-refractivity contribution in [1.29, 1.82) is 0 Å². The molecule has 7 heteroatoms. The van der Waals surface area contributed by atoms with Crippen LogP contribution < -0.4 is 10.5 Å². The zero-order valence-electron chi connectivity index (χ0n) is 22.5. The van der Waals surface area contributed by atoms with Crippen LogP contribution in [0.2, 0.25) is 0 Å². The molecular formula is C30H44N2O5. The molecule has 0 radical (unpaired) electrons. The molecule has 2 bridgehead atoms. The van der Waals surface area contributed by atoms with E-state index in [-0.39, 0.29) is 12.1 Å². The first-order valence-electron chi connectivity index (χ1n) is 14.8. The van der Waals surface area contributed by atoms with Gasteiger partial charge in [-0.1, -0.05) is 26.0 Å². The van der Waals surface area contributed by atoms with Crippen molar-refractivity contribution in [1.82, 2.24) is 4.90 Å². The van der Waals surface area contributed by atoms with Crippen LogP contribution in [0, 0.1) is 23.7 Å². The van der Waals surface area contributed by atoms with Crippen molar-refractivity contribution >= 4 is 6.09 Å². The van der Waals surface area contributed by atoms with Crippen LogP contribution in [0.15, 0.2) is 24.3 Å². The zero-order valence-corrected chi connectivity index (χ0v) is 22.5. The van der Waals surface area contributed by atoms with Gasteiger partial charge in [-0.2, -0.15) is 9.78 Å². The summed E-state index contributed by atoms with van der Waals surface area (Å²) in [5.41, 5.74) is 7.19. The number of hydrogen-bond acceptors (Lipinski definition) is 6. The second kappa shape index (κ2) is 10.1. The SMILES string of the molecule is CCC1CC2CC(C)CC(C2)C12OOC1(CCCC(c3ccc(OC(=O)N4CCC(N)CC4)cc3)C1)O2. The van der Waals surface area contributed by atoms with Gasteiger partial charge in [-0.15, -0.1) is 0 Å². The van der Waals surface area contributed by atoms with E-state index in [1.54, 1.807) is 4.90 Å². The van der Waals surface area contributed by atoms with Gasteiger partial charge in [-0.3, -0.25) is 0 Å². The fourth-order valence-electron chi connectivity index (χ4n) is 8.09. The predicted molar refractivity (Wildman–Crippen MR) is 140 cm³/mol. The average Bonchev–Trinajstić information content (AvgIpc) is 3.26. The summed E-state index contributed by atoms with van der Waals surface area (Å²) in [5, 5.41) is 0. The molecule has 7 nitrogen and oxygen atoms in total. The number of carbonyl (C=O) groups is 1. The number of carbonyl (C=O) groups excluding carboxylic acids is 1. The van der Waals surface area contributed by atoms with E-state index in [1.165, 1.54) is 31.2 Å². The van der Waals surface area contributed by atoms with Gasteiger partial charge in [0.15, 0.2) is 0 Å². The van der Waals surface area contributed by atoms with E-state index in [2.05, 4.69) is 26.0 Å². The molecule has 2 saturated heterocycles. The fraction of sp³-hybridized carbons (Fsp3) is 0.767. The molecule has 1 amide bonds. The van der Waals surface area contributed by atoms with E-state index in [9.17, 15) is 4.79 Å². The molecular weight excluding hydrogens is 468 g/mol. The minimum absolute atomic E-state index is 0.185. The van der Waals surface area contributed by atoms with Crippen LogP contribution in [-0.2, 0) is 14.5 Å². The number of rotatable bonds is 3. The highest BCUT2D eigenvalue weighted by atomic mass is 17.3. The maximum Gasteiger partial charge on any atom is 0.415 e. The summed E-state index contributed by atoms with van der Waals surface area (Å²) in [6.45, 7) is 5.97. The number of benzene rings is 1. The molecule has 1 aromatic rings. The molecule has 2 N–H and O–H groups in total. The number of fused-ring (bicyclic) bond motifs is 3. The number of piperidine rings is 1. The smallest absolute Gasteiger partial charge is 0.410 e. The van der Waals surface area contributed by atoms with Crippen molar-refractivity contribution in [3.63, 3.8) is 0 Å². The highest BCUT2D eigenvalue weighted by Gasteiger charge is 2.63. The van der Waals surface area contributed by atoms with Gasteiger partial charge in [0, 0.05) is 43.8 Å². The van der Waals surface area contributed by atoms with Gasteiger partial charge in [0.25, 0.3) is 0 Å². The van der Waals surface area contributed by atoms with Gasteiger partial charge < -0.3 is 20.1 Å². The molecule has 1 aromatic carbocycles. The Kier molecular flexibility index (Phi) is 7.02. The summed E-state index contributed by atoms with van der Waals surface area (Å²) in [7, 11) is 0. The van der Waals surface area contributed by atoms with Gasteiger partial charge in [0.2, 0.25) is 11.6 Å². The van der Waals surface area contributed by atoms with Crippen molar-refractivity contribution in [2.75, 3.05) is 13.1 Å². The van der Waals surface area contributed by atoms with Crippen molar-refractivity contribution in [2.24, 2.45) is 29.4 Å². The maximum atomic E-state index is 12.5. The minimum Gasteiger partial charge on any atom is -0.410 e. The topological polar surface area (TPSA) is 83.3 Å². The predicted octanol–water partition coefficient (Wildman–Crippen LogP) is 6.12. The molecule has 3 aliphatic carbocycles. The number of nitrogens with zero attached hydrogens (tertiary/aromatic N) is 1. The van der Waals surface area contributed by atoms with Gasteiger partial charge in [-0.05, 0) is 93.2 Å². The second-order valence-electron chi connectivity index (χ2n) is 12.7. The zero-order chi connectivity index (χ0) is 25.6. The summed E-state index contributed by atoms with van der Waals surface area (Å²) >= 11 is 0. The van der Waals surface area contributed by atoms with Crippen LogP contribution in [-0.4, -0.2) is 41.7 Å². The van der Waals surface area contributed by atoms with E-state index in [0.29, 0.717) is 36.6 Å².